The molecule has 0 saturated carbocycles. The topological polar surface area (TPSA) is 73.2 Å². The lowest BCUT2D eigenvalue weighted by Gasteiger charge is -2.28. The smallest absolute Gasteiger partial charge is 0.242 e. The molecule has 8 heteroatoms. The second-order valence-corrected chi connectivity index (χ2v) is 9.11. The summed E-state index contributed by atoms with van der Waals surface area (Å²) in [5, 5.41) is 0. The van der Waals surface area contributed by atoms with Gasteiger partial charge >= 0.3 is 0 Å². The molecule has 3 aromatic rings. The van der Waals surface area contributed by atoms with Crippen molar-refractivity contribution in [2.75, 3.05) is 54.2 Å². The average Bonchev–Trinajstić information content (AvgIpc) is 3.37. The Bertz CT molecular complexity index is 1110. The van der Waals surface area contributed by atoms with Gasteiger partial charge in [0.2, 0.25) is 11.8 Å². The Morgan fingerprint density at radius 1 is 0.763 bits per heavy atom. The zero-order valence-electron chi connectivity index (χ0n) is 22.7. The third-order valence-corrected chi connectivity index (χ3v) is 6.36. The summed E-state index contributed by atoms with van der Waals surface area (Å²) in [6.07, 6.45) is 2.88. The maximum Gasteiger partial charge on any atom is 0.242 e. The van der Waals surface area contributed by atoms with Gasteiger partial charge in [-0.25, -0.2) is 0 Å². The van der Waals surface area contributed by atoms with Crippen LogP contribution in [-0.2, 0) is 38.6 Å². The summed E-state index contributed by atoms with van der Waals surface area (Å²) in [4.78, 5) is 30.2. The molecule has 38 heavy (non-hydrogen) atoms. The van der Waals surface area contributed by atoms with E-state index in [0.717, 1.165) is 23.6 Å². The van der Waals surface area contributed by atoms with Crippen LogP contribution in [0.4, 0.5) is 0 Å². The van der Waals surface area contributed by atoms with Crippen molar-refractivity contribution >= 4 is 11.8 Å². The van der Waals surface area contributed by atoms with E-state index in [1.54, 1.807) is 31.1 Å². The van der Waals surface area contributed by atoms with Gasteiger partial charge in [0.25, 0.3) is 0 Å². The minimum Gasteiger partial charge on any atom is -0.497 e. The Kier molecular flexibility index (Phi) is 11.9. The summed E-state index contributed by atoms with van der Waals surface area (Å²) in [7, 11) is 4.86. The highest BCUT2D eigenvalue weighted by molar-refractivity contribution is 5.86. The largest absolute Gasteiger partial charge is 0.497 e. The first-order chi connectivity index (χ1) is 18.5. The number of aromatic nitrogens is 1. The molecule has 0 aliphatic heterocycles. The van der Waals surface area contributed by atoms with E-state index in [1.165, 1.54) is 5.56 Å². The van der Waals surface area contributed by atoms with Gasteiger partial charge < -0.3 is 28.6 Å². The molecule has 0 aliphatic rings. The Hall–Kier alpha value is -3.62. The Morgan fingerprint density at radius 3 is 2.18 bits per heavy atom. The summed E-state index contributed by atoms with van der Waals surface area (Å²) >= 11 is 0. The van der Waals surface area contributed by atoms with Crippen molar-refractivity contribution in [1.82, 2.24) is 14.4 Å². The van der Waals surface area contributed by atoms with Crippen molar-refractivity contribution in [2.24, 2.45) is 0 Å². The fourth-order valence-electron chi connectivity index (χ4n) is 4.20. The third kappa shape index (κ3) is 9.04. The van der Waals surface area contributed by atoms with Gasteiger partial charge in [0.15, 0.2) is 0 Å². The number of rotatable bonds is 16. The summed E-state index contributed by atoms with van der Waals surface area (Å²) in [5.41, 5.74) is 3.08. The van der Waals surface area contributed by atoms with Crippen molar-refractivity contribution < 1.29 is 23.8 Å². The highest BCUT2D eigenvalue weighted by atomic mass is 16.5. The van der Waals surface area contributed by atoms with E-state index >= 15 is 0 Å². The second-order valence-electron chi connectivity index (χ2n) is 9.11. The first-order valence-corrected chi connectivity index (χ1v) is 12.9. The molecule has 0 fully saturated rings. The maximum absolute atomic E-state index is 13.5. The summed E-state index contributed by atoms with van der Waals surface area (Å²) in [6.45, 7) is 2.96. The van der Waals surface area contributed by atoms with Gasteiger partial charge in [-0.15, -0.1) is 0 Å². The number of hydrogen-bond acceptors (Lipinski definition) is 5. The molecule has 0 spiro atoms. The van der Waals surface area contributed by atoms with Gasteiger partial charge in [-0.3, -0.25) is 9.59 Å². The number of carbonyl (C=O) groups excluding carboxylic acids is 2. The third-order valence-electron chi connectivity index (χ3n) is 6.36. The molecule has 0 radical (unpaired) electrons. The van der Waals surface area contributed by atoms with Crippen molar-refractivity contribution in [3.05, 3.63) is 89.7 Å². The van der Waals surface area contributed by atoms with Crippen LogP contribution in [-0.4, -0.2) is 80.4 Å². The molecular weight excluding hydrogens is 482 g/mol. The van der Waals surface area contributed by atoms with Crippen molar-refractivity contribution in [3.63, 3.8) is 0 Å². The standard InChI is InChI=1S/C30H39N3O5/c1-36-19-8-17-32(29(34)21-25-12-14-28(38-3)15-13-25)24-30(35)33(18-20-37-2)23-27-11-7-16-31(27)22-26-9-5-4-6-10-26/h4-7,9-16H,8,17-24H2,1-3H3. The normalized spacial score (nSPS) is 10.8. The lowest BCUT2D eigenvalue weighted by atomic mass is 10.1. The first-order valence-electron chi connectivity index (χ1n) is 12.9. The molecule has 1 heterocycles. The van der Waals surface area contributed by atoms with Crippen LogP contribution in [0.3, 0.4) is 0 Å². The molecular formula is C30H39N3O5. The van der Waals surface area contributed by atoms with Crippen molar-refractivity contribution in [3.8, 4) is 5.75 Å². The van der Waals surface area contributed by atoms with Gasteiger partial charge in [0.05, 0.1) is 33.2 Å². The van der Waals surface area contributed by atoms with Gasteiger partial charge in [0.1, 0.15) is 5.75 Å². The molecule has 3 rings (SSSR count). The maximum atomic E-state index is 13.5. The Morgan fingerprint density at radius 2 is 1.50 bits per heavy atom. The van der Waals surface area contributed by atoms with E-state index in [2.05, 4.69) is 16.7 Å². The van der Waals surface area contributed by atoms with Crippen LogP contribution in [0.25, 0.3) is 0 Å². The van der Waals surface area contributed by atoms with Gasteiger partial charge in [-0.2, -0.15) is 0 Å². The quantitative estimate of drug-likeness (QED) is 0.269. The summed E-state index contributed by atoms with van der Waals surface area (Å²) in [6, 6.07) is 21.7. The number of benzene rings is 2. The molecule has 0 saturated heterocycles. The predicted octanol–water partition coefficient (Wildman–Crippen LogP) is 3.63. The van der Waals surface area contributed by atoms with E-state index < -0.39 is 0 Å². The lowest BCUT2D eigenvalue weighted by molar-refractivity contribution is -0.141. The molecule has 2 amide bonds. The van der Waals surface area contributed by atoms with Crippen LogP contribution in [0, 0.1) is 0 Å². The molecule has 0 bridgehead atoms. The van der Waals surface area contributed by atoms with Crippen LogP contribution < -0.4 is 4.74 Å². The van der Waals surface area contributed by atoms with Gasteiger partial charge in [0, 0.05) is 52.4 Å². The number of methoxy groups -OCH3 is 3. The van der Waals surface area contributed by atoms with Crippen LogP contribution >= 0.6 is 0 Å². The number of carbonyl (C=O) groups is 2. The zero-order chi connectivity index (χ0) is 27.2. The second kappa shape index (κ2) is 15.6. The SMILES string of the molecule is COCCCN(CC(=O)N(CCOC)Cc1cccn1Cc1ccccc1)C(=O)Cc1ccc(OC)cc1. The fourth-order valence-corrected chi connectivity index (χ4v) is 4.20. The molecule has 8 nitrogen and oxygen atoms in total. The van der Waals surface area contributed by atoms with E-state index in [9.17, 15) is 9.59 Å². The number of nitrogens with zero attached hydrogens (tertiary/aromatic N) is 3. The van der Waals surface area contributed by atoms with E-state index in [4.69, 9.17) is 14.2 Å². The van der Waals surface area contributed by atoms with Gasteiger partial charge in [-0.1, -0.05) is 42.5 Å². The minimum absolute atomic E-state index is 0.00180. The van der Waals surface area contributed by atoms with Crippen LogP contribution in [0.15, 0.2) is 72.9 Å². The fraction of sp³-hybridized carbons (Fsp3) is 0.400. The minimum atomic E-state index is -0.116. The highest BCUT2D eigenvalue weighted by Crippen LogP contribution is 2.14. The Labute approximate surface area is 225 Å². The van der Waals surface area contributed by atoms with Crippen molar-refractivity contribution in [2.45, 2.75) is 25.9 Å². The molecule has 0 unspecified atom stereocenters. The van der Waals surface area contributed by atoms with Crippen LogP contribution in [0.1, 0.15) is 23.2 Å². The first kappa shape index (κ1) is 28.9. The molecule has 204 valence electrons. The average molecular weight is 522 g/mol. The van der Waals surface area contributed by atoms with Crippen LogP contribution in [0.2, 0.25) is 0 Å². The Balaban J connectivity index is 1.71. The molecule has 2 aromatic carbocycles. The zero-order valence-corrected chi connectivity index (χ0v) is 22.7. The van der Waals surface area contributed by atoms with Crippen LogP contribution in [0.5, 0.6) is 5.75 Å². The van der Waals surface area contributed by atoms with E-state index in [1.807, 2.05) is 60.8 Å². The van der Waals surface area contributed by atoms with E-state index in [-0.39, 0.29) is 24.8 Å². The molecule has 0 aliphatic carbocycles. The summed E-state index contributed by atoms with van der Waals surface area (Å²) < 4.78 is 17.8. The predicted molar refractivity (Wildman–Crippen MR) is 147 cm³/mol. The lowest BCUT2D eigenvalue weighted by Crippen LogP contribution is -2.45. The molecule has 0 N–H and O–H groups in total. The number of hydrogen-bond donors (Lipinski definition) is 0. The molecule has 1 aromatic heterocycles. The van der Waals surface area contributed by atoms with Gasteiger partial charge in [-0.05, 0) is 41.8 Å². The van der Waals surface area contributed by atoms with E-state index in [0.29, 0.717) is 39.3 Å². The number of ether oxygens (including phenoxy) is 3. The monoisotopic (exact) mass is 521 g/mol. The number of amides is 2. The highest BCUT2D eigenvalue weighted by Gasteiger charge is 2.22. The molecule has 0 atom stereocenters. The van der Waals surface area contributed by atoms with Crippen molar-refractivity contribution in [1.29, 1.82) is 0 Å². The summed E-state index contributed by atoms with van der Waals surface area (Å²) in [5.74, 6) is 0.521.